The number of nitrogens with zero attached hydrogens (tertiary/aromatic N) is 4. The number of carbonyl (C=O) groups excluding carboxylic acids is 1. The molecule has 10 heteroatoms. The number of rotatable bonds is 8. The summed E-state index contributed by atoms with van der Waals surface area (Å²) < 4.78 is 13.5. The first kappa shape index (κ1) is 20.9. The van der Waals surface area contributed by atoms with Crippen LogP contribution in [-0.2, 0) is 17.9 Å². The summed E-state index contributed by atoms with van der Waals surface area (Å²) >= 11 is 3.53. The topological polar surface area (TPSA) is 103 Å². The number of hydrogen-bond acceptors (Lipinski definition) is 7. The molecule has 0 saturated carbocycles. The number of aryl methyl sites for hydroxylation is 1. The van der Waals surface area contributed by atoms with E-state index < -0.39 is 0 Å². The maximum atomic E-state index is 12.0. The Balaban J connectivity index is 2.06. The number of carbonyl (C=O) groups is 1. The molecule has 1 amide bonds. The van der Waals surface area contributed by atoms with E-state index in [2.05, 4.69) is 42.1 Å². The lowest BCUT2D eigenvalue weighted by molar-refractivity contribution is -0.124. The molecule has 0 saturated heterocycles. The summed E-state index contributed by atoms with van der Waals surface area (Å²) in [7, 11) is 1.56. The molecule has 0 radical (unpaired) electrons. The van der Waals surface area contributed by atoms with Crippen molar-refractivity contribution in [1.29, 1.82) is 0 Å². The second kappa shape index (κ2) is 9.03. The first-order valence-electron chi connectivity index (χ1n) is 8.53. The summed E-state index contributed by atoms with van der Waals surface area (Å²) in [5.74, 6) is 1.41. The average Bonchev–Trinajstić information content (AvgIpc) is 3.05. The van der Waals surface area contributed by atoms with E-state index in [1.165, 1.54) is 0 Å². The van der Waals surface area contributed by atoms with Crippen LogP contribution < -0.4 is 20.1 Å². The monoisotopic (exact) mass is 440 g/mol. The molecule has 0 aliphatic carbocycles. The fraction of sp³-hybridized carbons (Fsp3) is 0.529. The third-order valence-corrected chi connectivity index (χ3v) is 4.21. The van der Waals surface area contributed by atoms with Gasteiger partial charge in [0.1, 0.15) is 0 Å². The Labute approximate surface area is 166 Å². The molecule has 148 valence electrons. The molecule has 0 aliphatic rings. The third kappa shape index (κ3) is 6.09. The number of amides is 1. The zero-order chi connectivity index (χ0) is 20.0. The minimum absolute atomic E-state index is 0.0943. The van der Waals surface area contributed by atoms with Crippen LogP contribution in [0.2, 0.25) is 0 Å². The number of aromatic nitrogens is 4. The van der Waals surface area contributed by atoms with Gasteiger partial charge >= 0.3 is 0 Å². The zero-order valence-corrected chi connectivity index (χ0v) is 17.8. The largest absolute Gasteiger partial charge is 0.493 e. The van der Waals surface area contributed by atoms with Crippen molar-refractivity contribution in [3.63, 3.8) is 0 Å². The first-order chi connectivity index (χ1) is 12.7. The molecule has 27 heavy (non-hydrogen) atoms. The predicted octanol–water partition coefficient (Wildman–Crippen LogP) is 2.37. The molecule has 0 unspecified atom stereocenters. The number of nitrogens with one attached hydrogen (secondary N) is 2. The summed E-state index contributed by atoms with van der Waals surface area (Å²) in [4.78, 5) is 12.0. The summed E-state index contributed by atoms with van der Waals surface area (Å²) in [5.41, 5.74) is 0.623. The molecule has 1 aromatic carbocycles. The zero-order valence-electron chi connectivity index (χ0n) is 16.2. The van der Waals surface area contributed by atoms with Gasteiger partial charge in [0.05, 0.1) is 7.11 Å². The molecule has 1 heterocycles. The second-order valence-electron chi connectivity index (χ2n) is 6.85. The quantitative estimate of drug-likeness (QED) is 0.648. The molecule has 2 N–H and O–H groups in total. The number of tetrazole rings is 1. The van der Waals surface area contributed by atoms with Crippen LogP contribution in [0.4, 0.5) is 5.95 Å². The second-order valence-corrected chi connectivity index (χ2v) is 7.71. The van der Waals surface area contributed by atoms with Gasteiger partial charge in [-0.25, -0.2) is 4.68 Å². The summed E-state index contributed by atoms with van der Waals surface area (Å²) in [6.07, 6.45) is 0. The number of halogens is 1. The lowest BCUT2D eigenvalue weighted by Gasteiger charge is -2.21. The van der Waals surface area contributed by atoms with Crippen LogP contribution in [0.1, 0.15) is 33.3 Å². The highest BCUT2D eigenvalue weighted by molar-refractivity contribution is 9.10. The number of hydrogen-bond donors (Lipinski definition) is 2. The molecule has 0 fully saturated rings. The molecule has 9 nitrogen and oxygen atoms in total. The standard InChI is InChI=1S/C17H25BrN6O3/c1-6-24-16(21-22-23-24)19-9-11-7-13(26-5)14(8-12(11)18)27-10-15(25)20-17(2,3)4/h7-8H,6,9-10H2,1-5H3,(H,20,25)(H,19,21,23). The van der Waals surface area contributed by atoms with Crippen molar-refractivity contribution < 1.29 is 14.3 Å². The van der Waals surface area contributed by atoms with E-state index in [1.807, 2.05) is 33.8 Å². The predicted molar refractivity (Wildman–Crippen MR) is 105 cm³/mol. The van der Waals surface area contributed by atoms with E-state index in [4.69, 9.17) is 9.47 Å². The Morgan fingerprint density at radius 3 is 2.67 bits per heavy atom. The Morgan fingerprint density at radius 1 is 1.30 bits per heavy atom. The van der Waals surface area contributed by atoms with Gasteiger partial charge in [-0.3, -0.25) is 4.79 Å². The summed E-state index contributed by atoms with van der Waals surface area (Å²) in [5, 5.41) is 17.5. The molecular formula is C17H25BrN6O3. The first-order valence-corrected chi connectivity index (χ1v) is 9.33. The van der Waals surface area contributed by atoms with Crippen molar-refractivity contribution in [2.45, 2.75) is 46.3 Å². The highest BCUT2D eigenvalue weighted by Crippen LogP contribution is 2.34. The molecule has 0 bridgehead atoms. The van der Waals surface area contributed by atoms with Crippen molar-refractivity contribution >= 4 is 27.8 Å². The lowest BCUT2D eigenvalue weighted by atomic mass is 10.1. The Bertz CT molecular complexity index is 787. The van der Waals surface area contributed by atoms with Crippen molar-refractivity contribution in [2.75, 3.05) is 19.0 Å². The van der Waals surface area contributed by atoms with Crippen molar-refractivity contribution in [2.24, 2.45) is 0 Å². The van der Waals surface area contributed by atoms with Crippen molar-refractivity contribution in [3.8, 4) is 11.5 Å². The molecule has 2 aromatic rings. The fourth-order valence-electron chi connectivity index (χ4n) is 2.30. The maximum Gasteiger partial charge on any atom is 0.258 e. The van der Waals surface area contributed by atoms with Crippen molar-refractivity contribution in [1.82, 2.24) is 25.5 Å². The van der Waals surface area contributed by atoms with Crippen LogP contribution in [0.15, 0.2) is 16.6 Å². The van der Waals surface area contributed by atoms with Gasteiger partial charge in [0, 0.05) is 23.1 Å². The lowest BCUT2D eigenvalue weighted by Crippen LogP contribution is -2.43. The minimum atomic E-state index is -0.311. The van der Waals surface area contributed by atoms with Crippen LogP contribution in [0.5, 0.6) is 11.5 Å². The van der Waals surface area contributed by atoms with Gasteiger partial charge in [-0.15, -0.1) is 0 Å². The van der Waals surface area contributed by atoms with Gasteiger partial charge in [0.2, 0.25) is 5.95 Å². The molecular weight excluding hydrogens is 416 g/mol. The highest BCUT2D eigenvalue weighted by Gasteiger charge is 2.16. The number of benzene rings is 1. The molecule has 0 atom stereocenters. The van der Waals surface area contributed by atoms with Crippen LogP contribution >= 0.6 is 15.9 Å². The van der Waals surface area contributed by atoms with E-state index in [0.717, 1.165) is 10.0 Å². The van der Waals surface area contributed by atoms with Gasteiger partial charge in [-0.05, 0) is 55.8 Å². The highest BCUT2D eigenvalue weighted by atomic mass is 79.9. The van der Waals surface area contributed by atoms with Crippen LogP contribution in [0.3, 0.4) is 0 Å². The number of anilines is 1. The fourth-order valence-corrected chi connectivity index (χ4v) is 2.76. The number of methoxy groups -OCH3 is 1. The summed E-state index contributed by atoms with van der Waals surface area (Å²) in [6.45, 7) is 8.77. The Hall–Kier alpha value is -2.36. The Morgan fingerprint density at radius 2 is 2.04 bits per heavy atom. The number of ether oxygens (including phenoxy) is 2. The normalized spacial score (nSPS) is 11.2. The summed E-state index contributed by atoms with van der Waals surface area (Å²) in [6, 6.07) is 3.62. The van der Waals surface area contributed by atoms with Crippen LogP contribution in [-0.4, -0.2) is 45.4 Å². The molecule has 0 spiro atoms. The van der Waals surface area contributed by atoms with Gasteiger partial charge in [0.25, 0.3) is 5.91 Å². The maximum absolute atomic E-state index is 12.0. The molecule has 2 rings (SSSR count). The van der Waals surface area contributed by atoms with E-state index in [-0.39, 0.29) is 18.1 Å². The smallest absolute Gasteiger partial charge is 0.258 e. The average molecular weight is 441 g/mol. The molecule has 1 aromatic heterocycles. The van der Waals surface area contributed by atoms with Crippen molar-refractivity contribution in [3.05, 3.63) is 22.2 Å². The molecule has 0 aliphatic heterocycles. The Kier molecular flexibility index (Phi) is 7.00. The SMILES string of the molecule is CCn1nnnc1NCc1cc(OC)c(OCC(=O)NC(C)(C)C)cc1Br. The van der Waals surface area contributed by atoms with Gasteiger partial charge in [-0.2, -0.15) is 0 Å². The van der Waals surface area contributed by atoms with Crippen LogP contribution in [0.25, 0.3) is 0 Å². The van der Waals surface area contributed by atoms with Gasteiger partial charge in [0.15, 0.2) is 18.1 Å². The van der Waals surface area contributed by atoms with E-state index >= 15 is 0 Å². The minimum Gasteiger partial charge on any atom is -0.493 e. The van der Waals surface area contributed by atoms with E-state index in [9.17, 15) is 4.79 Å². The van der Waals surface area contributed by atoms with Gasteiger partial charge in [-0.1, -0.05) is 21.0 Å². The van der Waals surface area contributed by atoms with Gasteiger partial charge < -0.3 is 20.1 Å². The van der Waals surface area contributed by atoms with E-state index in [1.54, 1.807) is 17.9 Å². The van der Waals surface area contributed by atoms with Crippen LogP contribution in [0, 0.1) is 0 Å². The van der Waals surface area contributed by atoms with E-state index in [0.29, 0.717) is 30.5 Å². The third-order valence-electron chi connectivity index (χ3n) is 3.47.